The molecule has 0 bridgehead atoms. The van der Waals surface area contributed by atoms with Gasteiger partial charge in [0.25, 0.3) is 0 Å². The Kier molecular flexibility index (Phi) is 4.98. The van der Waals surface area contributed by atoms with Crippen molar-refractivity contribution in [1.29, 1.82) is 0 Å². The molecule has 0 fully saturated rings. The van der Waals surface area contributed by atoms with E-state index in [1.807, 2.05) is 0 Å². The lowest BCUT2D eigenvalue weighted by Crippen LogP contribution is -2.42. The van der Waals surface area contributed by atoms with Crippen LogP contribution in [0.4, 0.5) is 0 Å². The van der Waals surface area contributed by atoms with Crippen LogP contribution in [-0.4, -0.2) is 26.0 Å². The van der Waals surface area contributed by atoms with Gasteiger partial charge >= 0.3 is 0 Å². The summed E-state index contributed by atoms with van der Waals surface area (Å²) >= 11 is 1.79. The van der Waals surface area contributed by atoms with Crippen LogP contribution in [0.1, 0.15) is 43.5 Å². The van der Waals surface area contributed by atoms with E-state index >= 15 is 0 Å². The van der Waals surface area contributed by atoms with E-state index in [-0.39, 0.29) is 6.04 Å². The molecular weight excluding hydrogens is 266 g/mol. The second kappa shape index (κ2) is 5.72. The second-order valence-electron chi connectivity index (χ2n) is 5.29. The van der Waals surface area contributed by atoms with Crippen molar-refractivity contribution in [2.24, 2.45) is 0 Å². The number of rotatable bonds is 6. The van der Waals surface area contributed by atoms with Crippen molar-refractivity contribution in [2.45, 2.75) is 44.9 Å². The molecule has 1 rings (SSSR count). The minimum atomic E-state index is -3.04. The van der Waals surface area contributed by atoms with Crippen LogP contribution < -0.4 is 5.32 Å². The van der Waals surface area contributed by atoms with E-state index < -0.39 is 14.6 Å². The smallest absolute Gasteiger partial charge is 0.153 e. The number of thiophene rings is 1. The van der Waals surface area contributed by atoms with Gasteiger partial charge in [0.15, 0.2) is 9.84 Å². The van der Waals surface area contributed by atoms with Crippen LogP contribution in [0.15, 0.2) is 12.1 Å². The van der Waals surface area contributed by atoms with Crippen molar-refractivity contribution in [3.05, 3.63) is 21.9 Å². The fourth-order valence-corrected chi connectivity index (χ4v) is 2.77. The molecule has 0 aliphatic rings. The number of hydrogen-bond donors (Lipinski definition) is 1. The average Bonchev–Trinajstić information content (AvgIpc) is 2.73. The van der Waals surface area contributed by atoms with Gasteiger partial charge in [-0.25, -0.2) is 8.42 Å². The highest BCUT2D eigenvalue weighted by molar-refractivity contribution is 7.92. The Hall–Kier alpha value is -0.390. The average molecular weight is 289 g/mol. The zero-order valence-electron chi connectivity index (χ0n) is 11.8. The van der Waals surface area contributed by atoms with E-state index in [4.69, 9.17) is 0 Å². The van der Waals surface area contributed by atoms with Crippen molar-refractivity contribution < 1.29 is 8.42 Å². The van der Waals surface area contributed by atoms with Gasteiger partial charge < -0.3 is 5.32 Å². The van der Waals surface area contributed by atoms with Crippen molar-refractivity contribution in [3.8, 4) is 0 Å². The highest BCUT2D eigenvalue weighted by atomic mass is 32.2. The van der Waals surface area contributed by atoms with Crippen LogP contribution >= 0.6 is 11.3 Å². The Bertz CT molecular complexity index is 489. The van der Waals surface area contributed by atoms with Crippen molar-refractivity contribution in [2.75, 3.05) is 12.8 Å². The molecule has 1 heterocycles. The van der Waals surface area contributed by atoms with Crippen molar-refractivity contribution >= 4 is 21.2 Å². The Morgan fingerprint density at radius 3 is 2.44 bits per heavy atom. The largest absolute Gasteiger partial charge is 0.308 e. The third-order valence-corrected chi connectivity index (χ3v) is 6.86. The third kappa shape index (κ3) is 3.80. The number of sulfone groups is 1. The van der Waals surface area contributed by atoms with E-state index in [1.54, 1.807) is 25.2 Å². The third-order valence-electron chi connectivity index (χ3n) is 3.30. The first-order chi connectivity index (χ1) is 8.17. The topological polar surface area (TPSA) is 46.2 Å². The molecule has 1 aromatic rings. The molecule has 0 saturated carbocycles. The monoisotopic (exact) mass is 289 g/mol. The molecule has 0 radical (unpaired) electrons. The summed E-state index contributed by atoms with van der Waals surface area (Å²) < 4.78 is 22.5. The summed E-state index contributed by atoms with van der Waals surface area (Å²) in [5, 5.41) is 3.31. The zero-order chi connectivity index (χ0) is 14.0. The second-order valence-corrected chi connectivity index (χ2v) is 9.14. The molecule has 0 saturated heterocycles. The highest BCUT2D eigenvalue weighted by Crippen LogP contribution is 2.24. The minimum Gasteiger partial charge on any atom is -0.308 e. The summed E-state index contributed by atoms with van der Waals surface area (Å²) in [7, 11) is -3.04. The highest BCUT2D eigenvalue weighted by Gasteiger charge is 2.30. The van der Waals surface area contributed by atoms with E-state index in [0.717, 1.165) is 6.42 Å². The van der Waals surface area contributed by atoms with Gasteiger partial charge in [0.05, 0.1) is 4.75 Å². The molecule has 0 spiro atoms. The summed E-state index contributed by atoms with van der Waals surface area (Å²) in [6.45, 7) is 8.19. The van der Waals surface area contributed by atoms with Crippen LogP contribution in [0.5, 0.6) is 0 Å². The number of hydrogen-bond acceptors (Lipinski definition) is 4. The summed E-state index contributed by atoms with van der Waals surface area (Å²) in [6, 6.07) is 4.45. The minimum absolute atomic E-state index is 0.191. The number of aryl methyl sites for hydroxylation is 1. The molecule has 18 heavy (non-hydrogen) atoms. The van der Waals surface area contributed by atoms with Gasteiger partial charge in [0.2, 0.25) is 0 Å². The maximum absolute atomic E-state index is 11.6. The molecule has 0 aliphatic heterocycles. The summed E-state index contributed by atoms with van der Waals surface area (Å²) in [5.41, 5.74) is 0. The van der Waals surface area contributed by atoms with Crippen LogP contribution in [0.25, 0.3) is 0 Å². The van der Waals surface area contributed by atoms with Gasteiger partial charge in [-0.2, -0.15) is 0 Å². The van der Waals surface area contributed by atoms with Crippen LogP contribution in [0.3, 0.4) is 0 Å². The quantitative estimate of drug-likeness (QED) is 0.876. The predicted octanol–water partition coefficient (Wildman–Crippen LogP) is 2.78. The van der Waals surface area contributed by atoms with Gasteiger partial charge in [0.1, 0.15) is 0 Å². The first-order valence-electron chi connectivity index (χ1n) is 6.19. The van der Waals surface area contributed by atoms with Crippen LogP contribution in [0.2, 0.25) is 0 Å². The van der Waals surface area contributed by atoms with Gasteiger partial charge in [-0.1, -0.05) is 6.92 Å². The molecule has 104 valence electrons. The van der Waals surface area contributed by atoms with Crippen LogP contribution in [0, 0.1) is 0 Å². The molecule has 1 aromatic heterocycles. The van der Waals surface area contributed by atoms with Gasteiger partial charge in [-0.15, -0.1) is 11.3 Å². The standard InChI is InChI=1S/C13H23NO2S2/c1-6-11-7-8-12(17-11)10(2)14-9-13(3,4)18(5,15)16/h7-8,10,14H,6,9H2,1-5H3. The molecule has 0 aromatic carbocycles. The molecule has 5 heteroatoms. The molecule has 3 nitrogen and oxygen atoms in total. The molecular formula is C13H23NO2S2. The fourth-order valence-electron chi connectivity index (χ4n) is 1.45. The van der Waals surface area contributed by atoms with E-state index in [9.17, 15) is 8.42 Å². The summed E-state index contributed by atoms with van der Waals surface area (Å²) in [4.78, 5) is 2.62. The maximum Gasteiger partial charge on any atom is 0.153 e. The molecule has 1 N–H and O–H groups in total. The first kappa shape index (κ1) is 15.7. The van der Waals surface area contributed by atoms with E-state index in [0.29, 0.717) is 6.54 Å². The lowest BCUT2D eigenvalue weighted by atomic mass is 10.2. The van der Waals surface area contributed by atoms with E-state index in [2.05, 4.69) is 31.3 Å². The Morgan fingerprint density at radius 2 is 2.00 bits per heavy atom. The molecule has 0 aliphatic carbocycles. The lowest BCUT2D eigenvalue weighted by molar-refractivity contribution is 0.492. The summed E-state index contributed by atoms with van der Waals surface area (Å²) in [5.74, 6) is 0. The SMILES string of the molecule is CCc1ccc(C(C)NCC(C)(C)S(C)(=O)=O)s1. The molecule has 1 unspecified atom stereocenters. The Labute approximate surface area is 115 Å². The normalized spacial score (nSPS) is 14.7. The number of nitrogens with one attached hydrogen (secondary N) is 1. The zero-order valence-corrected chi connectivity index (χ0v) is 13.4. The van der Waals surface area contributed by atoms with Crippen LogP contribution in [-0.2, 0) is 16.3 Å². The lowest BCUT2D eigenvalue weighted by Gasteiger charge is -2.25. The van der Waals surface area contributed by atoms with E-state index in [1.165, 1.54) is 16.0 Å². The molecule has 0 amide bonds. The Balaban J connectivity index is 2.64. The molecule has 1 atom stereocenters. The fraction of sp³-hybridized carbons (Fsp3) is 0.692. The van der Waals surface area contributed by atoms with Crippen molar-refractivity contribution in [3.63, 3.8) is 0 Å². The van der Waals surface area contributed by atoms with Gasteiger partial charge in [0, 0.05) is 28.6 Å². The van der Waals surface area contributed by atoms with Gasteiger partial charge in [-0.05, 0) is 39.3 Å². The summed E-state index contributed by atoms with van der Waals surface area (Å²) in [6.07, 6.45) is 2.34. The maximum atomic E-state index is 11.6. The van der Waals surface area contributed by atoms with Gasteiger partial charge in [-0.3, -0.25) is 0 Å². The first-order valence-corrected chi connectivity index (χ1v) is 8.90. The predicted molar refractivity (Wildman–Crippen MR) is 79.0 cm³/mol. The Morgan fingerprint density at radius 1 is 1.39 bits per heavy atom. The van der Waals surface area contributed by atoms with Crippen molar-refractivity contribution in [1.82, 2.24) is 5.32 Å².